The van der Waals surface area contributed by atoms with Crippen LogP contribution in [0.1, 0.15) is 12.0 Å². The number of halogens is 2. The van der Waals surface area contributed by atoms with Gasteiger partial charge in [-0.1, -0.05) is 22.0 Å². The molecule has 0 aromatic heterocycles. The molecule has 0 atom stereocenters. The summed E-state index contributed by atoms with van der Waals surface area (Å²) in [5.41, 5.74) is 0.553. The van der Waals surface area contributed by atoms with E-state index in [0.29, 0.717) is 18.5 Å². The second-order valence-corrected chi connectivity index (χ2v) is 6.59. The number of benzene rings is 1. The molecule has 0 fully saturated rings. The van der Waals surface area contributed by atoms with Gasteiger partial charge in [-0.3, -0.25) is 0 Å². The van der Waals surface area contributed by atoms with Gasteiger partial charge in [-0.05, 0) is 31.0 Å². The van der Waals surface area contributed by atoms with Gasteiger partial charge in [-0.2, -0.15) is 0 Å². The summed E-state index contributed by atoms with van der Waals surface area (Å²) >= 11 is 3.25. The highest BCUT2D eigenvalue weighted by molar-refractivity contribution is 9.09. The normalized spacial score (nSPS) is 12.1. The maximum atomic E-state index is 13.1. The molecule has 96 valence electrons. The van der Waals surface area contributed by atoms with E-state index in [1.165, 1.54) is 23.5 Å². The fraction of sp³-hybridized carbons (Fsp3) is 0.455. The lowest BCUT2D eigenvalue weighted by Crippen LogP contribution is -2.28. The molecule has 0 heterocycles. The first-order valence-electron chi connectivity index (χ1n) is 5.18. The van der Waals surface area contributed by atoms with Crippen LogP contribution < -0.4 is 0 Å². The van der Waals surface area contributed by atoms with Crippen molar-refractivity contribution in [3.8, 4) is 0 Å². The quantitative estimate of drug-likeness (QED) is 0.781. The van der Waals surface area contributed by atoms with E-state index in [0.717, 1.165) is 11.4 Å². The Bertz CT molecular complexity index is 490. The number of hydrogen-bond acceptors (Lipinski definition) is 2. The van der Waals surface area contributed by atoms with E-state index in [1.54, 1.807) is 6.92 Å². The van der Waals surface area contributed by atoms with Crippen molar-refractivity contribution in [1.29, 1.82) is 0 Å². The fourth-order valence-corrected chi connectivity index (χ4v) is 3.11. The van der Waals surface area contributed by atoms with Crippen LogP contribution in [0.5, 0.6) is 0 Å². The molecule has 0 aliphatic rings. The third-order valence-corrected chi connectivity index (χ3v) is 5.00. The average molecular weight is 324 g/mol. The SMILES string of the molecule is Cc1ccc(F)cc1S(=O)(=O)N(C)CCCBr. The molecule has 6 heteroatoms. The molecule has 0 spiro atoms. The molecular formula is C11H15BrFNO2S. The third kappa shape index (κ3) is 3.50. The van der Waals surface area contributed by atoms with Gasteiger partial charge < -0.3 is 0 Å². The molecule has 0 bridgehead atoms. The standard InChI is InChI=1S/C11H15BrFNO2S/c1-9-4-5-10(13)8-11(9)17(15,16)14(2)7-3-6-12/h4-5,8H,3,6-7H2,1-2H3. The lowest BCUT2D eigenvalue weighted by molar-refractivity contribution is 0.468. The van der Waals surface area contributed by atoms with Crippen LogP contribution in [-0.4, -0.2) is 31.6 Å². The molecule has 1 aromatic carbocycles. The highest BCUT2D eigenvalue weighted by atomic mass is 79.9. The van der Waals surface area contributed by atoms with Crippen molar-refractivity contribution in [2.75, 3.05) is 18.9 Å². The summed E-state index contributed by atoms with van der Waals surface area (Å²) in [4.78, 5) is 0.0366. The van der Waals surface area contributed by atoms with Gasteiger partial charge in [0.1, 0.15) is 5.82 Å². The van der Waals surface area contributed by atoms with Crippen molar-refractivity contribution in [1.82, 2.24) is 4.31 Å². The van der Waals surface area contributed by atoms with E-state index in [-0.39, 0.29) is 4.90 Å². The van der Waals surface area contributed by atoms with Crippen molar-refractivity contribution in [2.24, 2.45) is 0 Å². The number of alkyl halides is 1. The summed E-state index contributed by atoms with van der Waals surface area (Å²) in [5, 5.41) is 0.731. The molecule has 0 amide bonds. The Morgan fingerprint density at radius 1 is 1.41 bits per heavy atom. The van der Waals surface area contributed by atoms with Gasteiger partial charge in [0.25, 0.3) is 0 Å². The second kappa shape index (κ2) is 5.93. The van der Waals surface area contributed by atoms with E-state index in [4.69, 9.17) is 0 Å². The molecule has 0 unspecified atom stereocenters. The van der Waals surface area contributed by atoms with Crippen molar-refractivity contribution >= 4 is 26.0 Å². The Morgan fingerprint density at radius 3 is 2.65 bits per heavy atom. The predicted octanol–water partition coefficient (Wildman–Crippen LogP) is 2.54. The summed E-state index contributed by atoms with van der Waals surface area (Å²) in [5.74, 6) is -0.539. The number of nitrogens with zero attached hydrogens (tertiary/aromatic N) is 1. The van der Waals surface area contributed by atoms with Crippen LogP contribution in [0.2, 0.25) is 0 Å². The first-order valence-corrected chi connectivity index (χ1v) is 7.74. The Hall–Kier alpha value is -0.460. The van der Waals surface area contributed by atoms with Crippen LogP contribution in [-0.2, 0) is 10.0 Å². The molecule has 0 aliphatic carbocycles. The van der Waals surface area contributed by atoms with Crippen LogP contribution in [0.3, 0.4) is 0 Å². The highest BCUT2D eigenvalue weighted by Gasteiger charge is 2.22. The van der Waals surface area contributed by atoms with Crippen LogP contribution >= 0.6 is 15.9 Å². The predicted molar refractivity (Wildman–Crippen MR) is 69.4 cm³/mol. The molecule has 0 saturated carbocycles. The second-order valence-electron chi connectivity index (χ2n) is 3.78. The molecule has 0 aliphatic heterocycles. The maximum Gasteiger partial charge on any atom is 0.243 e. The van der Waals surface area contributed by atoms with E-state index in [1.807, 2.05) is 0 Å². The first kappa shape index (κ1) is 14.6. The summed E-state index contributed by atoms with van der Waals surface area (Å²) in [6.07, 6.45) is 0.712. The summed E-state index contributed by atoms with van der Waals surface area (Å²) in [7, 11) is -2.09. The average Bonchev–Trinajstić information content (AvgIpc) is 2.28. The smallest absolute Gasteiger partial charge is 0.207 e. The number of aryl methyl sites for hydroxylation is 1. The van der Waals surface area contributed by atoms with E-state index in [2.05, 4.69) is 15.9 Å². The van der Waals surface area contributed by atoms with Gasteiger partial charge >= 0.3 is 0 Å². The molecule has 17 heavy (non-hydrogen) atoms. The lowest BCUT2D eigenvalue weighted by Gasteiger charge is -2.18. The van der Waals surface area contributed by atoms with Gasteiger partial charge in [-0.25, -0.2) is 17.1 Å². The monoisotopic (exact) mass is 323 g/mol. The molecular weight excluding hydrogens is 309 g/mol. The van der Waals surface area contributed by atoms with Gasteiger partial charge in [0.05, 0.1) is 4.90 Å². The van der Waals surface area contributed by atoms with Crippen molar-refractivity contribution < 1.29 is 12.8 Å². The van der Waals surface area contributed by atoms with Crippen LogP contribution in [0, 0.1) is 12.7 Å². The summed E-state index contributed by atoms with van der Waals surface area (Å²) in [6, 6.07) is 3.79. The van der Waals surface area contributed by atoms with E-state index >= 15 is 0 Å². The van der Waals surface area contributed by atoms with Gasteiger partial charge in [0.2, 0.25) is 10.0 Å². The molecule has 0 N–H and O–H groups in total. The first-order chi connectivity index (χ1) is 7.89. The third-order valence-electron chi connectivity index (χ3n) is 2.45. The fourth-order valence-electron chi connectivity index (χ4n) is 1.42. The number of sulfonamides is 1. The Morgan fingerprint density at radius 2 is 2.06 bits per heavy atom. The van der Waals surface area contributed by atoms with E-state index in [9.17, 15) is 12.8 Å². The van der Waals surface area contributed by atoms with Gasteiger partial charge in [0, 0.05) is 18.9 Å². The van der Waals surface area contributed by atoms with Crippen molar-refractivity contribution in [3.05, 3.63) is 29.6 Å². The zero-order valence-electron chi connectivity index (χ0n) is 9.78. The maximum absolute atomic E-state index is 13.1. The molecule has 3 nitrogen and oxygen atoms in total. The molecule has 1 aromatic rings. The Kier molecular flexibility index (Phi) is 5.09. The van der Waals surface area contributed by atoms with Crippen LogP contribution in [0.25, 0.3) is 0 Å². The Balaban J connectivity index is 3.08. The largest absolute Gasteiger partial charge is 0.243 e. The summed E-state index contributed by atoms with van der Waals surface area (Å²) < 4.78 is 38.7. The minimum Gasteiger partial charge on any atom is -0.207 e. The zero-order chi connectivity index (χ0) is 13.1. The molecule has 1 rings (SSSR count). The minimum absolute atomic E-state index is 0.0366. The number of rotatable bonds is 5. The number of hydrogen-bond donors (Lipinski definition) is 0. The molecule has 0 radical (unpaired) electrons. The Labute approximate surface area is 110 Å². The van der Waals surface area contributed by atoms with Gasteiger partial charge in [-0.15, -0.1) is 0 Å². The van der Waals surface area contributed by atoms with Gasteiger partial charge in [0.15, 0.2) is 0 Å². The van der Waals surface area contributed by atoms with Crippen molar-refractivity contribution in [2.45, 2.75) is 18.2 Å². The lowest BCUT2D eigenvalue weighted by atomic mass is 10.2. The molecule has 0 saturated heterocycles. The van der Waals surface area contributed by atoms with E-state index < -0.39 is 15.8 Å². The minimum atomic E-state index is -3.59. The van der Waals surface area contributed by atoms with Crippen LogP contribution in [0.4, 0.5) is 4.39 Å². The van der Waals surface area contributed by atoms with Crippen molar-refractivity contribution in [3.63, 3.8) is 0 Å². The zero-order valence-corrected chi connectivity index (χ0v) is 12.2. The highest BCUT2D eigenvalue weighted by Crippen LogP contribution is 2.20. The summed E-state index contributed by atoms with van der Waals surface area (Å²) in [6.45, 7) is 2.06. The van der Waals surface area contributed by atoms with Crippen LogP contribution in [0.15, 0.2) is 23.1 Å². The topological polar surface area (TPSA) is 37.4 Å².